The number of anilines is 1. The van der Waals surface area contributed by atoms with Gasteiger partial charge in [0.05, 0.1) is 23.1 Å². The number of fused-ring (bicyclic) bond motifs is 1. The molecule has 27 heavy (non-hydrogen) atoms. The van der Waals surface area contributed by atoms with Crippen LogP contribution in [0.5, 0.6) is 5.75 Å². The molecule has 136 valence electrons. The number of benzene rings is 1. The third kappa shape index (κ3) is 3.70. The summed E-state index contributed by atoms with van der Waals surface area (Å²) in [6.45, 7) is 0.0256. The van der Waals surface area contributed by atoms with Crippen LogP contribution in [0.2, 0.25) is 5.02 Å². The van der Waals surface area contributed by atoms with Crippen molar-refractivity contribution in [2.45, 2.75) is 6.73 Å². The van der Waals surface area contributed by atoms with Crippen molar-refractivity contribution in [2.24, 2.45) is 0 Å². The van der Waals surface area contributed by atoms with E-state index in [2.05, 4.69) is 25.5 Å². The van der Waals surface area contributed by atoms with E-state index in [9.17, 15) is 9.18 Å². The van der Waals surface area contributed by atoms with Gasteiger partial charge in [-0.15, -0.1) is 5.10 Å². The standard InChI is InChI=1S/C16H11ClFN7O2/c17-12-6-10(18)2-3-13(12)27-9-24-8-11(7-20-24)21-15(26)14-22-16-19-4-1-5-25(16)23-14/h1-8H,9H2,(H,21,26). The second kappa shape index (κ2) is 7.00. The van der Waals surface area contributed by atoms with E-state index < -0.39 is 11.7 Å². The van der Waals surface area contributed by atoms with E-state index in [4.69, 9.17) is 16.3 Å². The summed E-state index contributed by atoms with van der Waals surface area (Å²) >= 11 is 5.90. The Morgan fingerprint density at radius 2 is 2.26 bits per heavy atom. The zero-order chi connectivity index (χ0) is 18.8. The van der Waals surface area contributed by atoms with Gasteiger partial charge < -0.3 is 10.1 Å². The SMILES string of the molecule is O=C(Nc1cnn(COc2ccc(F)cc2Cl)c1)c1nc2ncccn2n1. The summed E-state index contributed by atoms with van der Waals surface area (Å²) in [6, 6.07) is 5.50. The maximum atomic E-state index is 13.0. The van der Waals surface area contributed by atoms with Crippen molar-refractivity contribution < 1.29 is 13.9 Å². The first kappa shape index (κ1) is 16.9. The lowest BCUT2D eigenvalue weighted by Gasteiger charge is -2.07. The van der Waals surface area contributed by atoms with Crippen LogP contribution in [0.15, 0.2) is 49.1 Å². The van der Waals surface area contributed by atoms with Crippen LogP contribution in [0.4, 0.5) is 10.1 Å². The summed E-state index contributed by atoms with van der Waals surface area (Å²) in [5.74, 6) is -0.325. The van der Waals surface area contributed by atoms with Gasteiger partial charge in [-0.2, -0.15) is 10.1 Å². The van der Waals surface area contributed by atoms with Gasteiger partial charge in [0.1, 0.15) is 11.6 Å². The smallest absolute Gasteiger partial charge is 0.295 e. The molecule has 9 nitrogen and oxygen atoms in total. The van der Waals surface area contributed by atoms with E-state index in [1.807, 2.05) is 0 Å². The van der Waals surface area contributed by atoms with E-state index in [-0.39, 0.29) is 17.6 Å². The molecule has 0 spiro atoms. The number of hydrogen-bond donors (Lipinski definition) is 1. The minimum absolute atomic E-state index is 0.0178. The molecule has 11 heteroatoms. The highest BCUT2D eigenvalue weighted by molar-refractivity contribution is 6.32. The Labute approximate surface area is 156 Å². The lowest BCUT2D eigenvalue weighted by Crippen LogP contribution is -2.13. The van der Waals surface area contributed by atoms with Crippen molar-refractivity contribution in [3.8, 4) is 5.75 Å². The predicted octanol–water partition coefficient (Wildman–Crippen LogP) is 2.40. The Morgan fingerprint density at radius 3 is 3.07 bits per heavy atom. The number of hydrogen-bond acceptors (Lipinski definition) is 6. The number of carbonyl (C=O) groups excluding carboxylic acids is 1. The first-order valence-corrected chi connectivity index (χ1v) is 8.05. The number of ether oxygens (including phenoxy) is 1. The normalized spacial score (nSPS) is 10.9. The number of nitrogens with one attached hydrogen (secondary N) is 1. The highest BCUT2D eigenvalue weighted by atomic mass is 35.5. The second-order valence-electron chi connectivity index (χ2n) is 5.37. The van der Waals surface area contributed by atoms with Gasteiger partial charge in [0.25, 0.3) is 11.7 Å². The molecule has 1 aromatic carbocycles. The van der Waals surface area contributed by atoms with Crippen molar-refractivity contribution in [2.75, 3.05) is 5.32 Å². The zero-order valence-electron chi connectivity index (χ0n) is 13.6. The first-order valence-electron chi connectivity index (χ1n) is 7.67. The van der Waals surface area contributed by atoms with Crippen molar-refractivity contribution in [1.82, 2.24) is 29.4 Å². The number of halogens is 2. The minimum Gasteiger partial charge on any atom is -0.470 e. The number of aromatic nitrogens is 6. The number of rotatable bonds is 5. The summed E-state index contributed by atoms with van der Waals surface area (Å²) in [5.41, 5.74) is 0.431. The fourth-order valence-electron chi connectivity index (χ4n) is 2.24. The fourth-order valence-corrected chi connectivity index (χ4v) is 2.46. The van der Waals surface area contributed by atoms with Gasteiger partial charge in [-0.3, -0.25) is 4.79 Å². The maximum absolute atomic E-state index is 13.0. The van der Waals surface area contributed by atoms with Crippen molar-refractivity contribution >= 4 is 29.0 Å². The first-order chi connectivity index (χ1) is 13.1. The molecule has 0 saturated carbocycles. The molecular formula is C16H11ClFN7O2. The van der Waals surface area contributed by atoms with Crippen molar-refractivity contribution in [1.29, 1.82) is 0 Å². The molecule has 0 aliphatic heterocycles. The average Bonchev–Trinajstić information content (AvgIpc) is 3.27. The molecule has 1 amide bonds. The summed E-state index contributed by atoms with van der Waals surface area (Å²) in [6.07, 6.45) is 6.20. The van der Waals surface area contributed by atoms with E-state index in [1.165, 1.54) is 27.5 Å². The summed E-state index contributed by atoms with van der Waals surface area (Å²) in [5, 5.41) is 10.9. The molecule has 3 aromatic heterocycles. The molecule has 0 atom stereocenters. The van der Waals surface area contributed by atoms with E-state index >= 15 is 0 Å². The molecule has 0 aliphatic rings. The molecule has 0 bridgehead atoms. The quantitative estimate of drug-likeness (QED) is 0.564. The Morgan fingerprint density at radius 1 is 1.37 bits per heavy atom. The fraction of sp³-hybridized carbons (Fsp3) is 0.0625. The Hall–Kier alpha value is -3.53. The minimum atomic E-state index is -0.498. The topological polar surface area (TPSA) is 99.2 Å². The molecule has 1 N–H and O–H groups in total. The molecule has 0 saturated heterocycles. The molecular weight excluding hydrogens is 377 g/mol. The summed E-state index contributed by atoms with van der Waals surface area (Å²) in [7, 11) is 0. The van der Waals surface area contributed by atoms with Gasteiger partial charge in [0.2, 0.25) is 5.82 Å². The third-order valence-electron chi connectivity index (χ3n) is 3.46. The molecule has 4 rings (SSSR count). The van der Waals surface area contributed by atoms with Crippen molar-refractivity contribution in [3.05, 3.63) is 65.7 Å². The molecule has 4 aromatic rings. The van der Waals surface area contributed by atoms with Gasteiger partial charge in [-0.1, -0.05) is 11.6 Å². The average molecular weight is 388 g/mol. The number of nitrogens with zero attached hydrogens (tertiary/aromatic N) is 6. The maximum Gasteiger partial charge on any atom is 0.295 e. The Balaban J connectivity index is 1.40. The van der Waals surface area contributed by atoms with Crippen LogP contribution in [0.3, 0.4) is 0 Å². The monoisotopic (exact) mass is 387 g/mol. The molecule has 0 radical (unpaired) electrons. The lowest BCUT2D eigenvalue weighted by molar-refractivity contribution is 0.101. The molecule has 3 heterocycles. The third-order valence-corrected chi connectivity index (χ3v) is 3.75. The summed E-state index contributed by atoms with van der Waals surface area (Å²) < 4.78 is 21.3. The van der Waals surface area contributed by atoms with Gasteiger partial charge in [-0.05, 0) is 24.3 Å². The van der Waals surface area contributed by atoms with Gasteiger partial charge in [0, 0.05) is 12.4 Å². The molecule has 0 fully saturated rings. The second-order valence-corrected chi connectivity index (χ2v) is 5.78. The predicted molar refractivity (Wildman–Crippen MR) is 93.0 cm³/mol. The highest BCUT2D eigenvalue weighted by Gasteiger charge is 2.14. The van der Waals surface area contributed by atoms with Gasteiger partial charge in [0.15, 0.2) is 6.73 Å². The molecule has 0 unspecified atom stereocenters. The number of carbonyl (C=O) groups is 1. The Kier molecular flexibility index (Phi) is 4.38. The van der Waals surface area contributed by atoms with Gasteiger partial charge >= 0.3 is 0 Å². The highest BCUT2D eigenvalue weighted by Crippen LogP contribution is 2.25. The van der Waals surface area contributed by atoms with Crippen LogP contribution in [-0.2, 0) is 6.73 Å². The van der Waals surface area contributed by atoms with Crippen LogP contribution in [0.25, 0.3) is 5.78 Å². The lowest BCUT2D eigenvalue weighted by atomic mass is 10.3. The van der Waals surface area contributed by atoms with Crippen LogP contribution in [0, 0.1) is 5.82 Å². The van der Waals surface area contributed by atoms with Crippen LogP contribution in [-0.4, -0.2) is 35.3 Å². The van der Waals surface area contributed by atoms with Crippen LogP contribution >= 0.6 is 11.6 Å². The summed E-state index contributed by atoms with van der Waals surface area (Å²) in [4.78, 5) is 20.3. The Bertz CT molecular complexity index is 1090. The largest absolute Gasteiger partial charge is 0.470 e. The van der Waals surface area contributed by atoms with Crippen LogP contribution in [0.1, 0.15) is 10.6 Å². The van der Waals surface area contributed by atoms with Gasteiger partial charge in [-0.25, -0.2) is 18.6 Å². The van der Waals surface area contributed by atoms with E-state index in [0.717, 1.165) is 6.07 Å². The van der Waals surface area contributed by atoms with E-state index in [0.29, 0.717) is 17.2 Å². The molecule has 0 aliphatic carbocycles. The van der Waals surface area contributed by atoms with Crippen LogP contribution < -0.4 is 10.1 Å². The zero-order valence-corrected chi connectivity index (χ0v) is 14.3. The van der Waals surface area contributed by atoms with Crippen molar-refractivity contribution in [3.63, 3.8) is 0 Å². The number of amides is 1. The van der Waals surface area contributed by atoms with E-state index in [1.54, 1.807) is 24.7 Å².